The maximum atomic E-state index is 11.4. The predicted octanol–water partition coefficient (Wildman–Crippen LogP) is 1.95. The van der Waals surface area contributed by atoms with Gasteiger partial charge in [-0.15, -0.1) is 11.8 Å². The van der Waals surface area contributed by atoms with E-state index in [-0.39, 0.29) is 16.8 Å². The van der Waals surface area contributed by atoms with Crippen LogP contribution in [-0.2, 0) is 4.79 Å². The summed E-state index contributed by atoms with van der Waals surface area (Å²) in [6.07, 6.45) is 1.80. The number of carbonyl (C=O) groups excluding carboxylic acids is 1. The Kier molecular flexibility index (Phi) is 2.36. The molecule has 1 N–H and O–H groups in total. The highest BCUT2D eigenvalue weighted by Crippen LogP contribution is 2.40. The van der Waals surface area contributed by atoms with E-state index in [1.165, 1.54) is 23.9 Å². The fourth-order valence-corrected chi connectivity index (χ4v) is 2.29. The Balaban J connectivity index is 2.49. The predicted molar refractivity (Wildman–Crippen MR) is 58.0 cm³/mol. The van der Waals surface area contributed by atoms with Crippen molar-refractivity contribution in [2.45, 2.75) is 5.25 Å². The van der Waals surface area contributed by atoms with Crippen molar-refractivity contribution in [3.8, 4) is 0 Å². The van der Waals surface area contributed by atoms with Crippen LogP contribution in [-0.4, -0.2) is 17.1 Å². The van der Waals surface area contributed by atoms with E-state index >= 15 is 0 Å². The number of carbonyl (C=O) groups is 1. The molecular weight excluding hydrogens is 216 g/mol. The van der Waals surface area contributed by atoms with Crippen molar-refractivity contribution in [3.63, 3.8) is 0 Å². The molecule has 78 valence electrons. The molecule has 0 bridgehead atoms. The smallest absolute Gasteiger partial charge is 0.269 e. The minimum atomic E-state index is -0.458. The van der Waals surface area contributed by atoms with E-state index in [9.17, 15) is 14.9 Å². The van der Waals surface area contributed by atoms with Gasteiger partial charge in [0.2, 0.25) is 5.91 Å². The van der Waals surface area contributed by atoms with Crippen LogP contribution in [0, 0.1) is 10.1 Å². The van der Waals surface area contributed by atoms with Crippen molar-refractivity contribution in [2.75, 3.05) is 11.6 Å². The molecule has 0 radical (unpaired) electrons. The average Bonchev–Trinajstić information content (AvgIpc) is 2.51. The van der Waals surface area contributed by atoms with Gasteiger partial charge in [0.1, 0.15) is 5.25 Å². The van der Waals surface area contributed by atoms with Crippen LogP contribution in [0.4, 0.5) is 11.4 Å². The minimum absolute atomic E-state index is 0.0179. The fraction of sp³-hybridized carbons (Fsp3) is 0.222. The maximum absolute atomic E-state index is 11.4. The van der Waals surface area contributed by atoms with E-state index in [1.54, 1.807) is 12.3 Å². The van der Waals surface area contributed by atoms with Gasteiger partial charge in [0, 0.05) is 23.4 Å². The topological polar surface area (TPSA) is 72.2 Å². The summed E-state index contributed by atoms with van der Waals surface area (Å²) in [7, 11) is 0. The third-order valence-corrected chi connectivity index (χ3v) is 3.20. The Morgan fingerprint density at radius 1 is 1.53 bits per heavy atom. The summed E-state index contributed by atoms with van der Waals surface area (Å²) < 4.78 is 0. The van der Waals surface area contributed by atoms with Crippen LogP contribution in [0.15, 0.2) is 18.2 Å². The van der Waals surface area contributed by atoms with E-state index in [2.05, 4.69) is 5.32 Å². The van der Waals surface area contributed by atoms with E-state index < -0.39 is 4.92 Å². The number of nitrogens with zero attached hydrogens (tertiary/aromatic N) is 1. The molecule has 0 aliphatic carbocycles. The van der Waals surface area contributed by atoms with Crippen molar-refractivity contribution >= 4 is 29.0 Å². The first kappa shape index (κ1) is 9.97. The Morgan fingerprint density at radius 3 is 2.87 bits per heavy atom. The van der Waals surface area contributed by atoms with Crippen LogP contribution in [0.25, 0.3) is 0 Å². The fourth-order valence-electron chi connectivity index (χ4n) is 1.57. The molecule has 6 heteroatoms. The van der Waals surface area contributed by atoms with Crippen LogP contribution in [0.3, 0.4) is 0 Å². The van der Waals surface area contributed by atoms with Crippen LogP contribution >= 0.6 is 11.8 Å². The lowest BCUT2D eigenvalue weighted by Gasteiger charge is -2.03. The minimum Gasteiger partial charge on any atom is -0.325 e. The van der Waals surface area contributed by atoms with E-state index in [0.29, 0.717) is 11.3 Å². The molecule has 1 aliphatic heterocycles. The molecule has 0 saturated carbocycles. The number of rotatable bonds is 2. The van der Waals surface area contributed by atoms with Gasteiger partial charge in [0.15, 0.2) is 0 Å². The standard InChI is InChI=1S/C9H8N2O3S/c1-15-8-6-4-5(11(13)14)2-3-7(6)10-9(8)12/h2-4,8H,1H3,(H,10,12)/t8-/m1/s1. The number of nitro benzene ring substituents is 1. The molecule has 0 saturated heterocycles. The van der Waals surface area contributed by atoms with E-state index in [1.807, 2.05) is 0 Å². The van der Waals surface area contributed by atoms with Crippen molar-refractivity contribution in [3.05, 3.63) is 33.9 Å². The zero-order valence-corrected chi connectivity index (χ0v) is 8.71. The summed E-state index contributed by atoms with van der Waals surface area (Å²) in [6, 6.07) is 4.41. The van der Waals surface area contributed by atoms with Gasteiger partial charge in [-0.1, -0.05) is 0 Å². The Hall–Kier alpha value is -1.56. The Bertz CT molecular complexity index is 447. The third kappa shape index (κ3) is 1.56. The van der Waals surface area contributed by atoms with Gasteiger partial charge in [0.05, 0.1) is 4.92 Å². The number of amides is 1. The van der Waals surface area contributed by atoms with Gasteiger partial charge in [-0.05, 0) is 12.3 Å². The second-order valence-corrected chi connectivity index (χ2v) is 4.08. The van der Waals surface area contributed by atoms with Crippen LogP contribution in [0.5, 0.6) is 0 Å². The molecular formula is C9H8N2O3S. The molecule has 1 heterocycles. The number of nitro groups is 1. The average molecular weight is 224 g/mol. The summed E-state index contributed by atoms with van der Waals surface area (Å²) in [4.78, 5) is 21.6. The monoisotopic (exact) mass is 224 g/mol. The molecule has 5 nitrogen and oxygen atoms in total. The molecule has 0 spiro atoms. The number of anilines is 1. The highest BCUT2D eigenvalue weighted by molar-refractivity contribution is 7.99. The van der Waals surface area contributed by atoms with Crippen molar-refractivity contribution in [1.29, 1.82) is 0 Å². The maximum Gasteiger partial charge on any atom is 0.269 e. The van der Waals surface area contributed by atoms with E-state index in [0.717, 1.165) is 0 Å². The Labute approximate surface area is 90.0 Å². The molecule has 15 heavy (non-hydrogen) atoms. The van der Waals surface area contributed by atoms with Crippen LogP contribution in [0.1, 0.15) is 10.8 Å². The van der Waals surface area contributed by atoms with Gasteiger partial charge in [0.25, 0.3) is 5.69 Å². The van der Waals surface area contributed by atoms with Gasteiger partial charge in [-0.25, -0.2) is 0 Å². The normalized spacial score (nSPS) is 18.5. The number of nitrogens with one attached hydrogen (secondary N) is 1. The largest absolute Gasteiger partial charge is 0.325 e. The molecule has 1 aromatic carbocycles. The number of hydrogen-bond acceptors (Lipinski definition) is 4. The lowest BCUT2D eigenvalue weighted by atomic mass is 10.1. The molecule has 0 aromatic heterocycles. The van der Waals surface area contributed by atoms with Crippen molar-refractivity contribution in [2.24, 2.45) is 0 Å². The second-order valence-electron chi connectivity index (χ2n) is 3.13. The molecule has 1 aliphatic rings. The van der Waals surface area contributed by atoms with E-state index in [4.69, 9.17) is 0 Å². The number of fused-ring (bicyclic) bond motifs is 1. The van der Waals surface area contributed by atoms with Gasteiger partial charge in [-0.2, -0.15) is 0 Å². The first-order valence-electron chi connectivity index (χ1n) is 4.25. The van der Waals surface area contributed by atoms with Crippen molar-refractivity contribution in [1.82, 2.24) is 0 Å². The van der Waals surface area contributed by atoms with Crippen LogP contribution < -0.4 is 5.32 Å². The first-order valence-corrected chi connectivity index (χ1v) is 5.54. The van der Waals surface area contributed by atoms with Gasteiger partial charge in [-0.3, -0.25) is 14.9 Å². The quantitative estimate of drug-likeness (QED) is 0.615. The summed E-state index contributed by atoms with van der Waals surface area (Å²) in [6.45, 7) is 0. The SMILES string of the molecule is CS[C@H]1C(=O)Nc2ccc([N+](=O)[O-])cc21. The lowest BCUT2D eigenvalue weighted by molar-refractivity contribution is -0.384. The number of thioether (sulfide) groups is 1. The molecule has 1 aromatic rings. The highest BCUT2D eigenvalue weighted by Gasteiger charge is 2.31. The van der Waals surface area contributed by atoms with Crippen molar-refractivity contribution < 1.29 is 9.72 Å². The van der Waals surface area contributed by atoms with Gasteiger partial charge < -0.3 is 5.32 Å². The number of non-ortho nitro benzene ring substituents is 1. The third-order valence-electron chi connectivity index (χ3n) is 2.26. The number of benzene rings is 1. The molecule has 1 amide bonds. The first-order chi connectivity index (χ1) is 7.13. The highest BCUT2D eigenvalue weighted by atomic mass is 32.2. The summed E-state index contributed by atoms with van der Waals surface area (Å²) in [5, 5.41) is 12.9. The summed E-state index contributed by atoms with van der Waals surface area (Å²) in [5.74, 6) is -0.113. The number of hydrogen-bond donors (Lipinski definition) is 1. The summed E-state index contributed by atoms with van der Waals surface area (Å²) in [5.41, 5.74) is 1.39. The lowest BCUT2D eigenvalue weighted by Crippen LogP contribution is -2.08. The Morgan fingerprint density at radius 2 is 2.27 bits per heavy atom. The van der Waals surface area contributed by atoms with Crippen LogP contribution in [0.2, 0.25) is 0 Å². The molecule has 2 rings (SSSR count). The molecule has 1 atom stereocenters. The molecule has 0 unspecified atom stereocenters. The zero-order chi connectivity index (χ0) is 11.0. The second kappa shape index (κ2) is 3.54. The zero-order valence-electron chi connectivity index (χ0n) is 7.89. The summed E-state index contributed by atoms with van der Waals surface area (Å²) >= 11 is 1.37. The van der Waals surface area contributed by atoms with Gasteiger partial charge >= 0.3 is 0 Å². The molecule has 0 fully saturated rings.